The van der Waals surface area contributed by atoms with E-state index in [2.05, 4.69) is 11.4 Å². The lowest BCUT2D eigenvalue weighted by molar-refractivity contribution is -0.387. The average Bonchev–Trinajstić information content (AvgIpc) is 2.89. The number of nitro groups is 1. The standard InChI is InChI=1S/C14H16F2N2O2/c15-12-8-13(16)14(18(19)20)7-11(12)9-17-6-5-10-3-1-2-4-10/h3,7-8,17H,1-2,4-6,9H2. The maximum Gasteiger partial charge on any atom is 0.305 e. The minimum atomic E-state index is -1.15. The zero-order chi connectivity index (χ0) is 14.5. The quantitative estimate of drug-likeness (QED) is 0.376. The van der Waals surface area contributed by atoms with Crippen LogP contribution in [0.4, 0.5) is 14.5 Å². The first-order valence-corrected chi connectivity index (χ1v) is 6.59. The number of hydrogen-bond donors (Lipinski definition) is 1. The number of halogens is 2. The van der Waals surface area contributed by atoms with Crippen LogP contribution in [0.5, 0.6) is 0 Å². The van der Waals surface area contributed by atoms with E-state index in [1.54, 1.807) is 0 Å². The first-order chi connectivity index (χ1) is 9.58. The summed E-state index contributed by atoms with van der Waals surface area (Å²) in [7, 11) is 0. The SMILES string of the molecule is O=[N+]([O-])c1cc(CNCCC2=CCCC2)c(F)cc1F. The molecule has 0 fully saturated rings. The zero-order valence-electron chi connectivity index (χ0n) is 11.0. The Bertz CT molecular complexity index is 544. The molecule has 0 atom stereocenters. The summed E-state index contributed by atoms with van der Waals surface area (Å²) in [6.07, 6.45) is 6.52. The molecule has 4 nitrogen and oxygen atoms in total. The Morgan fingerprint density at radius 3 is 2.75 bits per heavy atom. The molecular formula is C14H16F2N2O2. The summed E-state index contributed by atoms with van der Waals surface area (Å²) in [6, 6.07) is 1.52. The highest BCUT2D eigenvalue weighted by Gasteiger charge is 2.18. The lowest BCUT2D eigenvalue weighted by Gasteiger charge is -2.07. The van der Waals surface area contributed by atoms with Crippen molar-refractivity contribution in [2.75, 3.05) is 6.54 Å². The summed E-state index contributed by atoms with van der Waals surface area (Å²) < 4.78 is 26.7. The molecule has 20 heavy (non-hydrogen) atoms. The van der Waals surface area contributed by atoms with Gasteiger partial charge in [0, 0.05) is 24.2 Å². The minimum absolute atomic E-state index is 0.110. The van der Waals surface area contributed by atoms with Gasteiger partial charge in [0.15, 0.2) is 0 Å². The van der Waals surface area contributed by atoms with Crippen LogP contribution in [0.3, 0.4) is 0 Å². The molecule has 2 rings (SSSR count). The molecule has 1 N–H and O–H groups in total. The highest BCUT2D eigenvalue weighted by atomic mass is 19.1. The van der Waals surface area contributed by atoms with Crippen molar-refractivity contribution >= 4 is 5.69 Å². The summed E-state index contributed by atoms with van der Waals surface area (Å²) in [5.74, 6) is -1.91. The van der Waals surface area contributed by atoms with Gasteiger partial charge in [-0.25, -0.2) is 4.39 Å². The van der Waals surface area contributed by atoms with Crippen molar-refractivity contribution in [2.24, 2.45) is 0 Å². The smallest absolute Gasteiger partial charge is 0.305 e. The Morgan fingerprint density at radius 2 is 2.10 bits per heavy atom. The lowest BCUT2D eigenvalue weighted by atomic mass is 10.1. The Kier molecular flexibility index (Phi) is 4.79. The van der Waals surface area contributed by atoms with Gasteiger partial charge in [-0.3, -0.25) is 10.1 Å². The van der Waals surface area contributed by atoms with E-state index in [4.69, 9.17) is 0 Å². The first-order valence-electron chi connectivity index (χ1n) is 6.59. The van der Waals surface area contributed by atoms with Crippen LogP contribution in [0, 0.1) is 21.7 Å². The van der Waals surface area contributed by atoms with E-state index in [-0.39, 0.29) is 12.1 Å². The number of hydrogen-bond acceptors (Lipinski definition) is 3. The van der Waals surface area contributed by atoms with Crippen molar-refractivity contribution in [3.8, 4) is 0 Å². The Morgan fingerprint density at radius 1 is 1.30 bits per heavy atom. The fraction of sp³-hybridized carbons (Fsp3) is 0.429. The second-order valence-electron chi connectivity index (χ2n) is 4.83. The maximum atomic E-state index is 13.5. The van der Waals surface area contributed by atoms with Gasteiger partial charge in [0.25, 0.3) is 0 Å². The summed E-state index contributed by atoms with van der Waals surface area (Å²) in [5.41, 5.74) is 0.809. The van der Waals surface area contributed by atoms with Crippen LogP contribution in [0.15, 0.2) is 23.8 Å². The van der Waals surface area contributed by atoms with Crippen LogP contribution in [0.2, 0.25) is 0 Å². The largest absolute Gasteiger partial charge is 0.312 e. The maximum absolute atomic E-state index is 13.5. The lowest BCUT2D eigenvalue weighted by Crippen LogP contribution is -2.16. The van der Waals surface area contributed by atoms with Gasteiger partial charge in [-0.05, 0) is 32.2 Å². The Balaban J connectivity index is 1.91. The normalized spacial score (nSPS) is 14.4. The van der Waals surface area contributed by atoms with E-state index in [0.29, 0.717) is 12.6 Å². The van der Waals surface area contributed by atoms with E-state index in [1.165, 1.54) is 12.0 Å². The number of benzene rings is 1. The molecule has 0 saturated carbocycles. The third-order valence-corrected chi connectivity index (χ3v) is 3.39. The molecular weight excluding hydrogens is 266 g/mol. The monoisotopic (exact) mass is 282 g/mol. The molecule has 1 aliphatic carbocycles. The molecule has 0 saturated heterocycles. The third-order valence-electron chi connectivity index (χ3n) is 3.39. The second-order valence-corrected chi connectivity index (χ2v) is 4.83. The Hall–Kier alpha value is -1.82. The molecule has 1 aromatic rings. The highest BCUT2D eigenvalue weighted by Crippen LogP contribution is 2.22. The predicted molar refractivity (Wildman–Crippen MR) is 71.3 cm³/mol. The molecule has 0 heterocycles. The van der Waals surface area contributed by atoms with Gasteiger partial charge in [0.05, 0.1) is 4.92 Å². The molecule has 6 heteroatoms. The first kappa shape index (κ1) is 14.6. The second kappa shape index (κ2) is 6.56. The van der Waals surface area contributed by atoms with Crippen LogP contribution >= 0.6 is 0 Å². The topological polar surface area (TPSA) is 55.2 Å². The number of rotatable bonds is 6. The Labute approximate surface area is 115 Å². The molecule has 1 aromatic carbocycles. The molecule has 0 bridgehead atoms. The summed E-state index contributed by atoms with van der Waals surface area (Å²) in [6.45, 7) is 0.830. The van der Waals surface area contributed by atoms with Gasteiger partial charge in [0.2, 0.25) is 5.82 Å². The highest BCUT2D eigenvalue weighted by molar-refractivity contribution is 5.37. The molecule has 0 amide bonds. The summed E-state index contributed by atoms with van der Waals surface area (Å²) in [5, 5.41) is 13.6. The molecule has 1 aliphatic rings. The van der Waals surface area contributed by atoms with Crippen molar-refractivity contribution in [1.29, 1.82) is 0 Å². The molecule has 0 unspecified atom stereocenters. The van der Waals surface area contributed by atoms with Gasteiger partial charge in [-0.1, -0.05) is 11.6 Å². The van der Waals surface area contributed by atoms with E-state index < -0.39 is 22.2 Å². The van der Waals surface area contributed by atoms with Crippen molar-refractivity contribution in [1.82, 2.24) is 5.32 Å². The fourth-order valence-electron chi connectivity index (χ4n) is 2.29. The summed E-state index contributed by atoms with van der Waals surface area (Å²) >= 11 is 0. The third kappa shape index (κ3) is 3.60. The van der Waals surface area contributed by atoms with Crippen molar-refractivity contribution in [2.45, 2.75) is 32.2 Å². The predicted octanol–water partition coefficient (Wildman–Crippen LogP) is 3.46. The number of nitrogens with one attached hydrogen (secondary N) is 1. The molecule has 0 aliphatic heterocycles. The van der Waals surface area contributed by atoms with Crippen molar-refractivity contribution in [3.05, 3.63) is 51.1 Å². The molecule has 0 spiro atoms. The van der Waals surface area contributed by atoms with Gasteiger partial charge < -0.3 is 5.32 Å². The molecule has 108 valence electrons. The van der Waals surface area contributed by atoms with Crippen molar-refractivity contribution < 1.29 is 13.7 Å². The number of nitrogens with zero attached hydrogens (tertiary/aromatic N) is 1. The number of allylic oxidation sites excluding steroid dienone is 1. The van der Waals surface area contributed by atoms with E-state index >= 15 is 0 Å². The average molecular weight is 282 g/mol. The van der Waals surface area contributed by atoms with Crippen LogP contribution < -0.4 is 5.32 Å². The van der Waals surface area contributed by atoms with E-state index in [0.717, 1.165) is 25.3 Å². The van der Waals surface area contributed by atoms with Gasteiger partial charge in [0.1, 0.15) is 5.82 Å². The number of nitro benzene ring substituents is 1. The molecule has 0 radical (unpaired) electrons. The van der Waals surface area contributed by atoms with Crippen LogP contribution in [0.25, 0.3) is 0 Å². The fourth-order valence-corrected chi connectivity index (χ4v) is 2.29. The van der Waals surface area contributed by atoms with Gasteiger partial charge in [-0.2, -0.15) is 4.39 Å². The zero-order valence-corrected chi connectivity index (χ0v) is 11.0. The van der Waals surface area contributed by atoms with Crippen LogP contribution in [0.1, 0.15) is 31.2 Å². The van der Waals surface area contributed by atoms with Crippen LogP contribution in [-0.4, -0.2) is 11.5 Å². The molecule has 0 aromatic heterocycles. The van der Waals surface area contributed by atoms with Crippen molar-refractivity contribution in [3.63, 3.8) is 0 Å². The van der Waals surface area contributed by atoms with Crippen LogP contribution in [-0.2, 0) is 6.54 Å². The minimum Gasteiger partial charge on any atom is -0.312 e. The van der Waals surface area contributed by atoms with Gasteiger partial charge in [-0.15, -0.1) is 0 Å². The van der Waals surface area contributed by atoms with E-state index in [9.17, 15) is 18.9 Å². The summed E-state index contributed by atoms with van der Waals surface area (Å²) in [4.78, 5) is 9.76. The van der Waals surface area contributed by atoms with Gasteiger partial charge >= 0.3 is 5.69 Å². The van der Waals surface area contributed by atoms with E-state index in [1.807, 2.05) is 0 Å².